The molecule has 194 valence electrons. The van der Waals surface area contributed by atoms with Gasteiger partial charge in [0.05, 0.1) is 24.4 Å². The van der Waals surface area contributed by atoms with Crippen LogP contribution in [-0.4, -0.2) is 51.3 Å². The van der Waals surface area contributed by atoms with E-state index in [0.29, 0.717) is 17.5 Å². The monoisotopic (exact) mass is 519 g/mol. The average Bonchev–Trinajstić information content (AvgIpc) is 3.61. The topological polar surface area (TPSA) is 98.9 Å². The van der Waals surface area contributed by atoms with E-state index >= 15 is 0 Å². The zero-order valence-electron chi connectivity index (χ0n) is 21.2. The number of amides is 1. The minimum atomic E-state index is -0.585. The molecule has 0 bridgehead atoms. The van der Waals surface area contributed by atoms with Crippen LogP contribution in [-0.2, 0) is 20.9 Å². The van der Waals surface area contributed by atoms with Gasteiger partial charge in [0, 0.05) is 6.42 Å². The van der Waals surface area contributed by atoms with E-state index in [-0.39, 0.29) is 12.6 Å². The first-order valence-electron chi connectivity index (χ1n) is 12.6. The molecule has 9 heteroatoms. The van der Waals surface area contributed by atoms with Gasteiger partial charge in [0.25, 0.3) is 5.91 Å². The lowest BCUT2D eigenvalue weighted by Gasteiger charge is -2.22. The van der Waals surface area contributed by atoms with Gasteiger partial charge in [-0.25, -0.2) is 9.69 Å². The normalized spacial score (nSPS) is 14.9. The molecule has 1 atom stereocenters. The van der Waals surface area contributed by atoms with Crippen LogP contribution < -0.4 is 4.74 Å². The highest BCUT2D eigenvalue weighted by Gasteiger charge is 2.33. The number of methoxy groups -OCH3 is 1. The zero-order valence-corrected chi connectivity index (χ0v) is 21.2. The standard InChI is InChI=1S/C30H25N5O4/c1-38-24-14-12-21(13-15-24)28-17-26(23-11-10-20-6-2-3-7-22(20)16-23)32-35(28)29(36)19-39-30(37)18-34-27-9-5-4-8-25(27)31-33-34/h2-16,28H,17-19H2,1H3. The van der Waals surface area contributed by atoms with Crippen LogP contribution in [0.4, 0.5) is 0 Å². The number of rotatable bonds is 7. The number of aromatic nitrogens is 3. The number of carbonyl (C=O) groups is 2. The van der Waals surface area contributed by atoms with Crippen LogP contribution in [0.2, 0.25) is 0 Å². The minimum absolute atomic E-state index is 0.151. The third kappa shape index (κ3) is 4.94. The number of hydrazone groups is 1. The maximum atomic E-state index is 13.3. The molecule has 0 saturated heterocycles. The number of para-hydroxylation sites is 1. The van der Waals surface area contributed by atoms with E-state index in [0.717, 1.165) is 33.4 Å². The summed E-state index contributed by atoms with van der Waals surface area (Å²) in [5, 5.41) is 16.4. The fourth-order valence-corrected chi connectivity index (χ4v) is 4.78. The lowest BCUT2D eigenvalue weighted by atomic mass is 9.97. The fourth-order valence-electron chi connectivity index (χ4n) is 4.78. The Balaban J connectivity index is 1.22. The molecule has 0 aliphatic carbocycles. The minimum Gasteiger partial charge on any atom is -0.497 e. The van der Waals surface area contributed by atoms with Crippen LogP contribution in [0, 0.1) is 0 Å². The fraction of sp³-hybridized carbons (Fsp3) is 0.167. The summed E-state index contributed by atoms with van der Waals surface area (Å²) in [6.45, 7) is -0.589. The molecule has 1 amide bonds. The predicted octanol–water partition coefficient (Wildman–Crippen LogP) is 4.51. The largest absolute Gasteiger partial charge is 0.497 e. The van der Waals surface area contributed by atoms with E-state index in [2.05, 4.69) is 34.6 Å². The highest BCUT2D eigenvalue weighted by atomic mass is 16.5. The van der Waals surface area contributed by atoms with Gasteiger partial charge >= 0.3 is 5.97 Å². The molecule has 0 fully saturated rings. The number of fused-ring (bicyclic) bond motifs is 2. The Kier molecular flexibility index (Phi) is 6.46. The molecule has 1 aliphatic heterocycles. The second-order valence-corrected chi connectivity index (χ2v) is 9.24. The van der Waals surface area contributed by atoms with Gasteiger partial charge in [0.2, 0.25) is 0 Å². The van der Waals surface area contributed by atoms with E-state index < -0.39 is 18.5 Å². The van der Waals surface area contributed by atoms with Crippen molar-refractivity contribution >= 4 is 39.4 Å². The van der Waals surface area contributed by atoms with Crippen LogP contribution >= 0.6 is 0 Å². The van der Waals surface area contributed by atoms with Gasteiger partial charge in [-0.05, 0) is 52.2 Å². The van der Waals surface area contributed by atoms with Gasteiger partial charge in [0.15, 0.2) is 6.61 Å². The van der Waals surface area contributed by atoms with E-state index in [1.807, 2.05) is 66.7 Å². The Hall–Kier alpha value is -5.05. The molecule has 1 aromatic heterocycles. The second-order valence-electron chi connectivity index (χ2n) is 9.24. The number of nitrogens with zero attached hydrogens (tertiary/aromatic N) is 5. The van der Waals surface area contributed by atoms with E-state index in [1.165, 1.54) is 9.69 Å². The molecule has 0 saturated carbocycles. The average molecular weight is 520 g/mol. The van der Waals surface area contributed by atoms with Crippen molar-refractivity contribution in [1.29, 1.82) is 0 Å². The summed E-state index contributed by atoms with van der Waals surface area (Å²) in [6, 6.07) is 28.8. The van der Waals surface area contributed by atoms with Crippen molar-refractivity contribution in [2.75, 3.05) is 13.7 Å². The lowest BCUT2D eigenvalue weighted by Crippen LogP contribution is -2.32. The maximum Gasteiger partial charge on any atom is 0.328 e. The number of hydrogen-bond donors (Lipinski definition) is 0. The van der Waals surface area contributed by atoms with Gasteiger partial charge in [-0.3, -0.25) is 9.59 Å². The van der Waals surface area contributed by atoms with Crippen molar-refractivity contribution in [3.05, 3.63) is 102 Å². The lowest BCUT2D eigenvalue weighted by molar-refractivity contribution is -0.153. The van der Waals surface area contributed by atoms with Crippen molar-refractivity contribution < 1.29 is 19.1 Å². The Morgan fingerprint density at radius 3 is 2.51 bits per heavy atom. The molecule has 5 aromatic rings. The summed E-state index contributed by atoms with van der Waals surface area (Å²) < 4.78 is 12.1. The van der Waals surface area contributed by atoms with E-state index in [1.54, 1.807) is 7.11 Å². The number of ether oxygens (including phenoxy) is 2. The van der Waals surface area contributed by atoms with Crippen molar-refractivity contribution in [2.24, 2.45) is 5.10 Å². The first-order valence-corrected chi connectivity index (χ1v) is 12.6. The molecule has 0 N–H and O–H groups in total. The Bertz CT molecular complexity index is 1710. The Morgan fingerprint density at radius 2 is 1.69 bits per heavy atom. The third-order valence-corrected chi connectivity index (χ3v) is 6.80. The van der Waals surface area contributed by atoms with Crippen molar-refractivity contribution in [3.63, 3.8) is 0 Å². The Labute approximate surface area is 224 Å². The first-order chi connectivity index (χ1) is 19.1. The molecule has 0 spiro atoms. The molecule has 1 aliphatic rings. The SMILES string of the molecule is COc1ccc(C2CC(c3ccc4ccccc4c3)=NN2C(=O)COC(=O)Cn2nnc3ccccc32)cc1. The second kappa shape index (κ2) is 10.4. The van der Waals surface area contributed by atoms with E-state index in [4.69, 9.17) is 14.6 Å². The van der Waals surface area contributed by atoms with Gasteiger partial charge in [-0.1, -0.05) is 65.9 Å². The molecule has 2 heterocycles. The molecule has 0 radical (unpaired) electrons. The molecule has 1 unspecified atom stereocenters. The van der Waals surface area contributed by atoms with E-state index in [9.17, 15) is 9.59 Å². The zero-order chi connectivity index (χ0) is 26.8. The van der Waals surface area contributed by atoms with Crippen molar-refractivity contribution in [3.8, 4) is 5.75 Å². The number of carbonyl (C=O) groups excluding carboxylic acids is 2. The van der Waals surface area contributed by atoms with Crippen LogP contribution in [0.5, 0.6) is 5.75 Å². The molecule has 39 heavy (non-hydrogen) atoms. The van der Waals surface area contributed by atoms with Crippen molar-refractivity contribution in [2.45, 2.75) is 19.0 Å². The maximum absolute atomic E-state index is 13.3. The van der Waals surface area contributed by atoms with Crippen LogP contribution in [0.3, 0.4) is 0 Å². The summed E-state index contributed by atoms with van der Waals surface area (Å²) in [7, 11) is 1.61. The summed E-state index contributed by atoms with van der Waals surface area (Å²) in [6.07, 6.45) is 0.523. The van der Waals surface area contributed by atoms with Gasteiger partial charge in [0.1, 0.15) is 17.8 Å². The summed E-state index contributed by atoms with van der Waals surface area (Å²) >= 11 is 0. The number of esters is 1. The summed E-state index contributed by atoms with van der Waals surface area (Å²) in [4.78, 5) is 25.9. The van der Waals surface area contributed by atoms with Gasteiger partial charge in [-0.2, -0.15) is 5.10 Å². The van der Waals surface area contributed by atoms with Crippen LogP contribution in [0.1, 0.15) is 23.6 Å². The smallest absolute Gasteiger partial charge is 0.328 e. The predicted molar refractivity (Wildman–Crippen MR) is 146 cm³/mol. The quantitative estimate of drug-likeness (QED) is 0.293. The molecule has 6 rings (SSSR count). The van der Waals surface area contributed by atoms with Gasteiger partial charge in [-0.15, -0.1) is 5.10 Å². The van der Waals surface area contributed by atoms with Crippen LogP contribution in [0.25, 0.3) is 21.8 Å². The molecular formula is C30H25N5O4. The highest BCUT2D eigenvalue weighted by Crippen LogP contribution is 2.34. The number of hydrogen-bond acceptors (Lipinski definition) is 7. The summed E-state index contributed by atoms with van der Waals surface area (Å²) in [5.74, 6) is -0.277. The number of benzene rings is 4. The molecular weight excluding hydrogens is 494 g/mol. The first kappa shape index (κ1) is 24.3. The van der Waals surface area contributed by atoms with Crippen molar-refractivity contribution in [1.82, 2.24) is 20.0 Å². The van der Waals surface area contributed by atoms with Crippen LogP contribution in [0.15, 0.2) is 96.1 Å². The Morgan fingerprint density at radius 1 is 0.923 bits per heavy atom. The summed E-state index contributed by atoms with van der Waals surface area (Å²) in [5.41, 5.74) is 4.03. The van der Waals surface area contributed by atoms with Gasteiger partial charge < -0.3 is 9.47 Å². The molecule has 4 aromatic carbocycles. The third-order valence-electron chi connectivity index (χ3n) is 6.80. The highest BCUT2D eigenvalue weighted by molar-refractivity contribution is 6.05. The molecule has 9 nitrogen and oxygen atoms in total.